The molecule has 1 aromatic carbocycles. The van der Waals surface area contributed by atoms with Crippen LogP contribution in [-0.4, -0.2) is 30.4 Å². The molecule has 21 heavy (non-hydrogen) atoms. The minimum Gasteiger partial charge on any atom is -0.338 e. The van der Waals surface area contributed by atoms with Crippen molar-refractivity contribution in [2.24, 2.45) is 5.41 Å². The molecule has 1 aromatic rings. The lowest BCUT2D eigenvalue weighted by molar-refractivity contribution is -0.139. The van der Waals surface area contributed by atoms with Gasteiger partial charge in [0.2, 0.25) is 5.91 Å². The fourth-order valence-electron chi connectivity index (χ4n) is 3.63. The highest BCUT2D eigenvalue weighted by molar-refractivity contribution is 5.77. The molecule has 0 bridgehead atoms. The van der Waals surface area contributed by atoms with Gasteiger partial charge in [-0.15, -0.1) is 0 Å². The van der Waals surface area contributed by atoms with Gasteiger partial charge in [-0.2, -0.15) is 0 Å². The lowest BCUT2D eigenvalue weighted by Crippen LogP contribution is -2.50. The summed E-state index contributed by atoms with van der Waals surface area (Å²) >= 11 is 0. The van der Waals surface area contributed by atoms with Gasteiger partial charge in [0.05, 0.1) is 0 Å². The summed E-state index contributed by atoms with van der Waals surface area (Å²) in [4.78, 5) is 14.2. The molecule has 2 saturated heterocycles. The number of hydrogen-bond donors (Lipinski definition) is 1. The molecule has 2 aliphatic heterocycles. The molecule has 114 valence electrons. The summed E-state index contributed by atoms with van der Waals surface area (Å²) in [5.74, 6) is -0.0144. The largest absolute Gasteiger partial charge is 0.338 e. The molecule has 0 saturated carbocycles. The maximum atomic E-state index is 13.4. The number of hydrogen-bond acceptors (Lipinski definition) is 2. The van der Waals surface area contributed by atoms with E-state index in [1.807, 2.05) is 11.8 Å². The second-order valence-corrected chi connectivity index (χ2v) is 6.57. The Kier molecular flexibility index (Phi) is 3.98. The molecule has 3 rings (SSSR count). The predicted octanol–water partition coefficient (Wildman–Crippen LogP) is 2.63. The molecule has 4 heteroatoms. The molecule has 1 spiro atoms. The molecule has 1 N–H and O–H groups in total. The molecule has 0 aliphatic carbocycles. The summed E-state index contributed by atoms with van der Waals surface area (Å²) in [6.45, 7) is 5.42. The SMILES string of the molecule is Cc1ccc(F)cc1CN1CC2(CCNCC2)CCC1=O. The monoisotopic (exact) mass is 290 g/mol. The van der Waals surface area contributed by atoms with Gasteiger partial charge in [-0.1, -0.05) is 6.07 Å². The molecule has 2 aliphatic rings. The Bertz CT molecular complexity index is 538. The normalized spacial score (nSPS) is 21.8. The van der Waals surface area contributed by atoms with Gasteiger partial charge < -0.3 is 10.2 Å². The second kappa shape index (κ2) is 5.76. The van der Waals surface area contributed by atoms with Crippen LogP contribution < -0.4 is 5.32 Å². The highest BCUT2D eigenvalue weighted by Gasteiger charge is 2.39. The molecule has 0 aromatic heterocycles. The zero-order valence-electron chi connectivity index (χ0n) is 12.6. The van der Waals surface area contributed by atoms with Crippen LogP contribution in [0.25, 0.3) is 0 Å². The van der Waals surface area contributed by atoms with Gasteiger partial charge in [0.25, 0.3) is 0 Å². The molecular formula is C17H23FN2O. The minimum atomic E-state index is -0.225. The van der Waals surface area contributed by atoms with Crippen LogP contribution in [0.15, 0.2) is 18.2 Å². The highest BCUT2D eigenvalue weighted by Crippen LogP contribution is 2.39. The van der Waals surface area contributed by atoms with E-state index in [-0.39, 0.29) is 17.1 Å². The molecule has 1 amide bonds. The van der Waals surface area contributed by atoms with E-state index in [1.54, 1.807) is 12.1 Å². The molecule has 0 unspecified atom stereocenters. The Labute approximate surface area is 125 Å². The lowest BCUT2D eigenvalue weighted by atomic mass is 9.72. The fraction of sp³-hybridized carbons (Fsp3) is 0.588. The summed E-state index contributed by atoms with van der Waals surface area (Å²) in [6, 6.07) is 4.83. The van der Waals surface area contributed by atoms with Crippen LogP contribution in [0.4, 0.5) is 4.39 Å². The van der Waals surface area contributed by atoms with Crippen molar-refractivity contribution >= 4 is 5.91 Å². The average Bonchev–Trinajstić information content (AvgIpc) is 2.48. The molecule has 2 fully saturated rings. The summed E-state index contributed by atoms with van der Waals surface area (Å²) in [5.41, 5.74) is 2.25. The number of benzene rings is 1. The first-order chi connectivity index (χ1) is 10.1. The zero-order valence-corrected chi connectivity index (χ0v) is 12.6. The van der Waals surface area contributed by atoms with Gasteiger partial charge in [0, 0.05) is 19.5 Å². The van der Waals surface area contributed by atoms with E-state index in [0.29, 0.717) is 13.0 Å². The number of nitrogens with one attached hydrogen (secondary N) is 1. The van der Waals surface area contributed by atoms with Crippen molar-refractivity contribution in [1.82, 2.24) is 10.2 Å². The Morgan fingerprint density at radius 2 is 2.05 bits per heavy atom. The summed E-state index contributed by atoms with van der Waals surface area (Å²) in [7, 11) is 0. The van der Waals surface area contributed by atoms with Crippen LogP contribution in [0, 0.1) is 18.2 Å². The summed E-state index contributed by atoms with van der Waals surface area (Å²) in [5, 5.41) is 3.40. The Hall–Kier alpha value is -1.42. The number of nitrogens with zero attached hydrogens (tertiary/aromatic N) is 1. The van der Waals surface area contributed by atoms with Gasteiger partial charge in [0.1, 0.15) is 5.82 Å². The molecule has 2 heterocycles. The number of aryl methyl sites for hydroxylation is 1. The third-order valence-electron chi connectivity index (χ3n) is 5.08. The van der Waals surface area contributed by atoms with Crippen molar-refractivity contribution in [3.8, 4) is 0 Å². The summed E-state index contributed by atoms with van der Waals surface area (Å²) in [6.07, 6.45) is 3.92. The fourth-order valence-corrected chi connectivity index (χ4v) is 3.63. The Balaban J connectivity index is 1.76. The van der Waals surface area contributed by atoms with Crippen molar-refractivity contribution in [1.29, 1.82) is 0 Å². The standard InChI is InChI=1S/C17H23FN2O/c1-13-2-3-15(18)10-14(13)11-20-12-17(5-4-16(20)21)6-8-19-9-7-17/h2-3,10,19H,4-9,11-12H2,1H3. The van der Waals surface area contributed by atoms with E-state index in [1.165, 1.54) is 6.07 Å². The Morgan fingerprint density at radius 3 is 2.81 bits per heavy atom. The minimum absolute atomic E-state index is 0.211. The number of carbonyl (C=O) groups is 1. The number of rotatable bonds is 2. The van der Waals surface area contributed by atoms with Gasteiger partial charge in [-0.3, -0.25) is 4.79 Å². The maximum absolute atomic E-state index is 13.4. The summed E-state index contributed by atoms with van der Waals surface area (Å²) < 4.78 is 13.4. The first kappa shape index (κ1) is 14.5. The molecule has 3 nitrogen and oxygen atoms in total. The van der Waals surface area contributed by atoms with Crippen LogP contribution in [0.3, 0.4) is 0 Å². The van der Waals surface area contributed by atoms with E-state index in [2.05, 4.69) is 5.32 Å². The van der Waals surface area contributed by atoms with Crippen molar-refractivity contribution in [3.63, 3.8) is 0 Å². The van der Waals surface area contributed by atoms with Crippen LogP contribution >= 0.6 is 0 Å². The van der Waals surface area contributed by atoms with E-state index >= 15 is 0 Å². The smallest absolute Gasteiger partial charge is 0.222 e. The number of amides is 1. The highest BCUT2D eigenvalue weighted by atomic mass is 19.1. The molecule has 0 atom stereocenters. The number of likely N-dealkylation sites (tertiary alicyclic amines) is 1. The van der Waals surface area contributed by atoms with Gasteiger partial charge in [-0.05, 0) is 68.0 Å². The van der Waals surface area contributed by atoms with Crippen LogP contribution in [0.2, 0.25) is 0 Å². The van der Waals surface area contributed by atoms with Crippen molar-refractivity contribution in [2.45, 2.75) is 39.2 Å². The van der Waals surface area contributed by atoms with Gasteiger partial charge >= 0.3 is 0 Å². The first-order valence-electron chi connectivity index (χ1n) is 7.82. The second-order valence-electron chi connectivity index (χ2n) is 6.57. The van der Waals surface area contributed by atoms with Crippen molar-refractivity contribution in [2.75, 3.05) is 19.6 Å². The van der Waals surface area contributed by atoms with Crippen LogP contribution in [0.5, 0.6) is 0 Å². The molecular weight excluding hydrogens is 267 g/mol. The first-order valence-corrected chi connectivity index (χ1v) is 7.82. The number of carbonyl (C=O) groups excluding carboxylic acids is 1. The van der Waals surface area contributed by atoms with Gasteiger partial charge in [0.15, 0.2) is 0 Å². The quantitative estimate of drug-likeness (QED) is 0.908. The van der Waals surface area contributed by atoms with E-state index in [9.17, 15) is 9.18 Å². The van der Waals surface area contributed by atoms with Gasteiger partial charge in [-0.25, -0.2) is 4.39 Å². The zero-order chi connectivity index (χ0) is 14.9. The van der Waals surface area contributed by atoms with E-state index in [0.717, 1.165) is 50.0 Å². The van der Waals surface area contributed by atoms with Crippen LogP contribution in [0.1, 0.15) is 36.8 Å². The lowest BCUT2D eigenvalue weighted by Gasteiger charge is -2.45. The van der Waals surface area contributed by atoms with E-state index in [4.69, 9.17) is 0 Å². The number of piperidine rings is 2. The van der Waals surface area contributed by atoms with Crippen molar-refractivity contribution < 1.29 is 9.18 Å². The predicted molar refractivity (Wildman–Crippen MR) is 80.3 cm³/mol. The average molecular weight is 290 g/mol. The molecule has 0 radical (unpaired) electrons. The Morgan fingerprint density at radius 1 is 1.29 bits per heavy atom. The van der Waals surface area contributed by atoms with Crippen molar-refractivity contribution in [3.05, 3.63) is 35.1 Å². The third kappa shape index (κ3) is 3.10. The number of halogens is 1. The van der Waals surface area contributed by atoms with Crippen LogP contribution in [-0.2, 0) is 11.3 Å². The van der Waals surface area contributed by atoms with E-state index < -0.39 is 0 Å². The third-order valence-corrected chi connectivity index (χ3v) is 5.08. The maximum Gasteiger partial charge on any atom is 0.222 e. The topological polar surface area (TPSA) is 32.3 Å².